The summed E-state index contributed by atoms with van der Waals surface area (Å²) in [5.41, 5.74) is 0.0606. The van der Waals surface area contributed by atoms with Crippen molar-refractivity contribution in [3.8, 4) is 0 Å². The first-order chi connectivity index (χ1) is 11.2. The lowest BCUT2D eigenvalue weighted by atomic mass is 9.98. The lowest BCUT2D eigenvalue weighted by molar-refractivity contribution is 0.155. The number of nitrogens with one attached hydrogen (secondary N) is 2. The van der Waals surface area contributed by atoms with Gasteiger partial charge in [-0.3, -0.25) is 0 Å². The lowest BCUT2D eigenvalue weighted by Crippen LogP contribution is -2.54. The van der Waals surface area contributed by atoms with E-state index in [0.717, 1.165) is 37.6 Å². The van der Waals surface area contributed by atoms with E-state index in [9.17, 15) is 17.6 Å². The molecule has 1 aliphatic rings. The Labute approximate surface area is 141 Å². The Hall–Kier alpha value is -1.71. The summed E-state index contributed by atoms with van der Waals surface area (Å²) in [4.78, 5) is 14.0. The number of urea groups is 1. The zero-order valence-electron chi connectivity index (χ0n) is 13.8. The Morgan fingerprint density at radius 3 is 2.83 bits per heavy atom. The van der Waals surface area contributed by atoms with Crippen molar-refractivity contribution in [3.05, 3.63) is 29.6 Å². The van der Waals surface area contributed by atoms with E-state index < -0.39 is 21.9 Å². The van der Waals surface area contributed by atoms with Crippen LogP contribution in [0.2, 0.25) is 0 Å². The highest BCUT2D eigenvalue weighted by atomic mass is 32.2. The van der Waals surface area contributed by atoms with Crippen LogP contribution in [0.4, 0.5) is 9.18 Å². The van der Waals surface area contributed by atoms with Gasteiger partial charge in [-0.1, -0.05) is 0 Å². The van der Waals surface area contributed by atoms with E-state index in [-0.39, 0.29) is 29.1 Å². The van der Waals surface area contributed by atoms with Gasteiger partial charge in [-0.25, -0.2) is 22.7 Å². The second-order valence-electron chi connectivity index (χ2n) is 6.10. The predicted molar refractivity (Wildman–Crippen MR) is 88.3 cm³/mol. The molecule has 0 saturated carbocycles. The molecule has 1 saturated heterocycles. The molecule has 0 radical (unpaired) electrons. The van der Waals surface area contributed by atoms with E-state index >= 15 is 0 Å². The SMILES string of the molecule is CC1C(NC(=O)NCc2cc(S(N)(=O)=O)ccc2F)CCCN1C. The van der Waals surface area contributed by atoms with Crippen LogP contribution in [-0.2, 0) is 16.6 Å². The van der Waals surface area contributed by atoms with Crippen LogP contribution in [0.1, 0.15) is 25.3 Å². The van der Waals surface area contributed by atoms with Gasteiger partial charge in [-0.2, -0.15) is 0 Å². The van der Waals surface area contributed by atoms with Gasteiger partial charge in [0.25, 0.3) is 0 Å². The molecule has 134 valence electrons. The molecule has 24 heavy (non-hydrogen) atoms. The van der Waals surface area contributed by atoms with Crippen LogP contribution in [0.3, 0.4) is 0 Å². The number of halogens is 1. The summed E-state index contributed by atoms with van der Waals surface area (Å²) in [6, 6.07) is 3.06. The maximum absolute atomic E-state index is 13.8. The van der Waals surface area contributed by atoms with Gasteiger partial charge >= 0.3 is 6.03 Å². The quantitative estimate of drug-likeness (QED) is 0.739. The van der Waals surface area contributed by atoms with Crippen LogP contribution in [-0.4, -0.2) is 45.0 Å². The molecule has 2 atom stereocenters. The number of likely N-dealkylation sites (tertiary alicyclic amines) is 1. The van der Waals surface area contributed by atoms with Crippen molar-refractivity contribution in [1.29, 1.82) is 0 Å². The maximum Gasteiger partial charge on any atom is 0.315 e. The molecule has 0 spiro atoms. The van der Waals surface area contributed by atoms with Crippen molar-refractivity contribution in [1.82, 2.24) is 15.5 Å². The Kier molecular flexibility index (Phi) is 5.79. The normalized spacial score (nSPS) is 22.2. The number of carbonyl (C=O) groups is 1. The van der Waals surface area contributed by atoms with E-state index in [0.29, 0.717) is 0 Å². The minimum Gasteiger partial charge on any atom is -0.334 e. The number of carbonyl (C=O) groups excluding carboxylic acids is 1. The second-order valence-corrected chi connectivity index (χ2v) is 7.66. The number of nitrogens with two attached hydrogens (primary N) is 1. The van der Waals surface area contributed by atoms with E-state index in [1.54, 1.807) is 0 Å². The zero-order chi connectivity index (χ0) is 17.9. The van der Waals surface area contributed by atoms with Gasteiger partial charge in [0.2, 0.25) is 10.0 Å². The molecule has 0 aliphatic carbocycles. The minimum atomic E-state index is -3.92. The summed E-state index contributed by atoms with van der Waals surface area (Å²) in [6.45, 7) is 2.91. The van der Waals surface area contributed by atoms with Gasteiger partial charge in [0, 0.05) is 24.2 Å². The topological polar surface area (TPSA) is 105 Å². The molecule has 1 aliphatic heterocycles. The van der Waals surface area contributed by atoms with E-state index in [1.807, 2.05) is 14.0 Å². The number of hydrogen-bond acceptors (Lipinski definition) is 4. The van der Waals surface area contributed by atoms with Crippen LogP contribution in [0.15, 0.2) is 23.1 Å². The highest BCUT2D eigenvalue weighted by molar-refractivity contribution is 7.89. The molecule has 1 heterocycles. The largest absolute Gasteiger partial charge is 0.334 e. The first-order valence-corrected chi connectivity index (χ1v) is 9.29. The molecule has 2 unspecified atom stereocenters. The monoisotopic (exact) mass is 358 g/mol. The summed E-state index contributed by atoms with van der Waals surface area (Å²) in [7, 11) is -1.91. The van der Waals surface area contributed by atoms with Gasteiger partial charge in [-0.05, 0) is 51.6 Å². The highest BCUT2D eigenvalue weighted by Crippen LogP contribution is 2.16. The average Bonchev–Trinajstić information content (AvgIpc) is 2.50. The maximum atomic E-state index is 13.8. The van der Waals surface area contributed by atoms with Crippen LogP contribution in [0, 0.1) is 5.82 Å². The van der Waals surface area contributed by atoms with Gasteiger partial charge in [0.15, 0.2) is 0 Å². The number of piperidine rings is 1. The fourth-order valence-corrected chi connectivity index (χ4v) is 3.33. The lowest BCUT2D eigenvalue weighted by Gasteiger charge is -2.37. The van der Waals surface area contributed by atoms with Crippen LogP contribution in [0.5, 0.6) is 0 Å². The molecule has 1 fully saturated rings. The number of likely N-dealkylation sites (N-methyl/N-ethyl adjacent to an activating group) is 1. The van der Waals surface area contributed by atoms with Crippen molar-refractivity contribution >= 4 is 16.1 Å². The molecule has 2 rings (SSSR count). The Balaban J connectivity index is 1.97. The third-order valence-electron chi connectivity index (χ3n) is 4.41. The molecule has 1 aromatic rings. The standard InChI is InChI=1S/C15H23FN4O3S/c1-10-14(4-3-7-20(10)2)19-15(21)18-9-11-8-12(24(17,22)23)5-6-13(11)16/h5-6,8,10,14H,3-4,7,9H2,1-2H3,(H2,17,22,23)(H2,18,19,21). The number of sulfonamides is 1. The summed E-state index contributed by atoms with van der Waals surface area (Å²) < 4.78 is 36.4. The first-order valence-electron chi connectivity index (χ1n) is 7.74. The number of rotatable bonds is 4. The molecule has 9 heteroatoms. The Morgan fingerprint density at radius 1 is 1.46 bits per heavy atom. The third kappa shape index (κ3) is 4.65. The number of hydrogen-bond donors (Lipinski definition) is 3. The molecule has 0 bridgehead atoms. The zero-order valence-corrected chi connectivity index (χ0v) is 14.6. The van der Waals surface area contributed by atoms with E-state index in [1.165, 1.54) is 0 Å². The van der Waals surface area contributed by atoms with Gasteiger partial charge in [0.1, 0.15) is 5.82 Å². The number of amides is 2. The van der Waals surface area contributed by atoms with Crippen molar-refractivity contribution in [3.63, 3.8) is 0 Å². The average molecular weight is 358 g/mol. The van der Waals surface area contributed by atoms with Crippen molar-refractivity contribution in [2.45, 2.75) is 43.3 Å². The van der Waals surface area contributed by atoms with E-state index in [4.69, 9.17) is 5.14 Å². The molecule has 2 amide bonds. The number of benzene rings is 1. The third-order valence-corrected chi connectivity index (χ3v) is 5.32. The van der Waals surface area contributed by atoms with Crippen molar-refractivity contribution in [2.75, 3.05) is 13.6 Å². The van der Waals surface area contributed by atoms with Crippen LogP contribution >= 0.6 is 0 Å². The Bertz CT molecular complexity index is 711. The van der Waals surface area contributed by atoms with Crippen LogP contribution < -0.4 is 15.8 Å². The van der Waals surface area contributed by atoms with Crippen molar-refractivity contribution < 1.29 is 17.6 Å². The molecular weight excluding hydrogens is 335 g/mol. The second kappa shape index (κ2) is 7.45. The smallest absolute Gasteiger partial charge is 0.315 e. The summed E-state index contributed by atoms with van der Waals surface area (Å²) in [5, 5.41) is 10.5. The van der Waals surface area contributed by atoms with Crippen molar-refractivity contribution in [2.24, 2.45) is 5.14 Å². The molecule has 0 aromatic heterocycles. The molecule has 4 N–H and O–H groups in total. The summed E-state index contributed by atoms with van der Waals surface area (Å²) >= 11 is 0. The number of primary sulfonamides is 1. The predicted octanol–water partition coefficient (Wildman–Crippen LogP) is 0.755. The van der Waals surface area contributed by atoms with E-state index in [2.05, 4.69) is 15.5 Å². The highest BCUT2D eigenvalue weighted by Gasteiger charge is 2.26. The molecule has 1 aromatic carbocycles. The van der Waals surface area contributed by atoms with Gasteiger partial charge in [-0.15, -0.1) is 0 Å². The molecular formula is C15H23FN4O3S. The summed E-state index contributed by atoms with van der Waals surface area (Å²) in [6.07, 6.45) is 1.88. The fraction of sp³-hybridized carbons (Fsp3) is 0.533. The first kappa shape index (κ1) is 18.6. The van der Waals surface area contributed by atoms with Gasteiger partial charge < -0.3 is 15.5 Å². The number of nitrogens with zero attached hydrogens (tertiary/aromatic N) is 1. The minimum absolute atomic E-state index is 0.0179. The Morgan fingerprint density at radius 2 is 2.17 bits per heavy atom. The van der Waals surface area contributed by atoms with Gasteiger partial charge in [0.05, 0.1) is 4.90 Å². The van der Waals surface area contributed by atoms with Crippen LogP contribution in [0.25, 0.3) is 0 Å². The molecule has 7 nitrogen and oxygen atoms in total. The fourth-order valence-electron chi connectivity index (χ4n) is 2.76. The summed E-state index contributed by atoms with van der Waals surface area (Å²) in [5.74, 6) is -0.603.